The van der Waals surface area contributed by atoms with Crippen LogP contribution in [-0.4, -0.2) is 34.6 Å². The molecule has 4 aromatic rings. The number of rotatable bonds is 6. The maximum Gasteiger partial charge on any atom is 0.289 e. The van der Waals surface area contributed by atoms with Gasteiger partial charge in [0.25, 0.3) is 5.91 Å². The highest BCUT2D eigenvalue weighted by atomic mass is 16.3. The smallest absolute Gasteiger partial charge is 0.289 e. The second-order valence-electron chi connectivity index (χ2n) is 6.95. The molecule has 1 N–H and O–H groups in total. The van der Waals surface area contributed by atoms with Gasteiger partial charge >= 0.3 is 0 Å². The number of hydrogen-bond donors (Lipinski definition) is 1. The number of hydrogen-bond acceptors (Lipinski definition) is 4. The van der Waals surface area contributed by atoms with Crippen LogP contribution in [-0.2, 0) is 6.42 Å². The fourth-order valence-electron chi connectivity index (χ4n) is 3.25. The Hall–Kier alpha value is -3.67. The van der Waals surface area contributed by atoms with Crippen LogP contribution in [0.2, 0.25) is 0 Å². The van der Waals surface area contributed by atoms with E-state index in [4.69, 9.17) is 4.42 Å². The summed E-state index contributed by atoms with van der Waals surface area (Å²) in [5.74, 6) is -0.244. The van der Waals surface area contributed by atoms with Gasteiger partial charge in [-0.25, -0.2) is 0 Å². The van der Waals surface area contributed by atoms with Gasteiger partial charge in [-0.05, 0) is 31.0 Å². The van der Waals surface area contributed by atoms with Crippen molar-refractivity contribution in [2.45, 2.75) is 12.8 Å². The molecular formula is C23H21N3O3. The number of H-pyrrole nitrogens is 1. The minimum absolute atomic E-state index is 0.0594. The summed E-state index contributed by atoms with van der Waals surface area (Å²) in [5, 5.41) is 7.88. The Bertz CT molecular complexity index is 1190. The standard InChI is InChI=1S/C23H21N3O3/c1-26(23(28)22-15-20(27)18-11-5-6-12-21(18)29-22)13-7-10-17-14-19(25-24-17)16-8-3-2-4-9-16/h2-6,8-9,11-12,14-15H,7,10,13H2,1H3,(H,24,25). The molecule has 2 aromatic carbocycles. The molecule has 0 spiro atoms. The maximum absolute atomic E-state index is 12.6. The van der Waals surface area contributed by atoms with E-state index >= 15 is 0 Å². The van der Waals surface area contributed by atoms with Crippen LogP contribution in [0.4, 0.5) is 0 Å². The normalized spacial score (nSPS) is 10.9. The molecule has 2 aromatic heterocycles. The summed E-state index contributed by atoms with van der Waals surface area (Å²) in [6.07, 6.45) is 1.52. The first kappa shape index (κ1) is 18.7. The molecule has 0 bridgehead atoms. The van der Waals surface area contributed by atoms with Crippen LogP contribution in [0.15, 0.2) is 75.9 Å². The van der Waals surface area contributed by atoms with Crippen molar-refractivity contribution in [3.63, 3.8) is 0 Å². The number of fused-ring (bicyclic) bond motifs is 1. The maximum atomic E-state index is 12.6. The zero-order valence-corrected chi connectivity index (χ0v) is 16.1. The molecule has 0 saturated carbocycles. The van der Waals surface area contributed by atoms with Crippen molar-refractivity contribution in [1.29, 1.82) is 0 Å². The van der Waals surface area contributed by atoms with Crippen molar-refractivity contribution in [3.05, 3.63) is 88.4 Å². The predicted molar refractivity (Wildman–Crippen MR) is 112 cm³/mol. The lowest BCUT2D eigenvalue weighted by atomic mass is 10.1. The SMILES string of the molecule is CN(CCCc1cc(-c2ccccc2)n[nH]1)C(=O)c1cc(=O)c2ccccc2o1. The fraction of sp³-hybridized carbons (Fsp3) is 0.174. The summed E-state index contributed by atoms with van der Waals surface area (Å²) in [5.41, 5.74) is 3.19. The third-order valence-corrected chi connectivity index (χ3v) is 4.83. The molecule has 2 heterocycles. The minimum atomic E-state index is -0.303. The largest absolute Gasteiger partial charge is 0.451 e. The van der Waals surface area contributed by atoms with E-state index in [0.29, 0.717) is 17.5 Å². The van der Waals surface area contributed by atoms with Gasteiger partial charge in [-0.1, -0.05) is 42.5 Å². The van der Waals surface area contributed by atoms with Crippen molar-refractivity contribution in [1.82, 2.24) is 15.1 Å². The number of nitrogens with zero attached hydrogens (tertiary/aromatic N) is 2. The first-order valence-electron chi connectivity index (χ1n) is 9.50. The summed E-state index contributed by atoms with van der Waals surface area (Å²) < 4.78 is 5.64. The Morgan fingerprint density at radius 1 is 1.07 bits per heavy atom. The average molecular weight is 387 g/mol. The van der Waals surface area contributed by atoms with Crippen molar-refractivity contribution in [2.75, 3.05) is 13.6 Å². The quantitative estimate of drug-likeness (QED) is 0.544. The van der Waals surface area contributed by atoms with Crippen LogP contribution in [0.25, 0.3) is 22.2 Å². The van der Waals surface area contributed by atoms with E-state index in [9.17, 15) is 9.59 Å². The summed E-state index contributed by atoms with van der Waals surface area (Å²) in [6, 6.07) is 20.2. The zero-order valence-electron chi connectivity index (χ0n) is 16.1. The van der Waals surface area contributed by atoms with Gasteiger partial charge in [-0.2, -0.15) is 5.10 Å². The van der Waals surface area contributed by atoms with Gasteiger partial charge < -0.3 is 9.32 Å². The van der Waals surface area contributed by atoms with Crippen LogP contribution in [0, 0.1) is 0 Å². The van der Waals surface area contributed by atoms with Crippen molar-refractivity contribution in [3.8, 4) is 11.3 Å². The number of para-hydroxylation sites is 1. The molecule has 0 saturated heterocycles. The molecular weight excluding hydrogens is 366 g/mol. The van der Waals surface area contributed by atoms with Gasteiger partial charge in [-0.15, -0.1) is 0 Å². The highest BCUT2D eigenvalue weighted by Crippen LogP contribution is 2.18. The van der Waals surface area contributed by atoms with Gasteiger partial charge in [0.1, 0.15) is 5.58 Å². The molecule has 6 nitrogen and oxygen atoms in total. The number of nitrogens with one attached hydrogen (secondary N) is 1. The Balaban J connectivity index is 1.38. The first-order chi connectivity index (χ1) is 14.1. The Morgan fingerprint density at radius 2 is 1.83 bits per heavy atom. The van der Waals surface area contributed by atoms with Gasteiger partial charge in [0.2, 0.25) is 0 Å². The molecule has 0 aliphatic heterocycles. The summed E-state index contributed by atoms with van der Waals surface area (Å²) in [4.78, 5) is 26.4. The van der Waals surface area contributed by atoms with Gasteiger partial charge in [0.15, 0.2) is 11.2 Å². The Labute approximate surface area is 167 Å². The molecule has 146 valence electrons. The number of benzene rings is 2. The molecule has 0 fully saturated rings. The summed E-state index contributed by atoms with van der Waals surface area (Å²) in [7, 11) is 1.71. The molecule has 0 aliphatic carbocycles. The third kappa shape index (κ3) is 4.11. The van der Waals surface area contributed by atoms with Crippen LogP contribution >= 0.6 is 0 Å². The fourth-order valence-corrected chi connectivity index (χ4v) is 3.25. The highest BCUT2D eigenvalue weighted by molar-refractivity contribution is 5.93. The van der Waals surface area contributed by atoms with Crippen LogP contribution in [0.5, 0.6) is 0 Å². The number of amides is 1. The number of carbonyl (C=O) groups excluding carboxylic acids is 1. The lowest BCUT2D eigenvalue weighted by Gasteiger charge is -2.16. The molecule has 29 heavy (non-hydrogen) atoms. The minimum Gasteiger partial charge on any atom is -0.451 e. The third-order valence-electron chi connectivity index (χ3n) is 4.83. The first-order valence-corrected chi connectivity index (χ1v) is 9.50. The number of aromatic nitrogens is 2. The number of carbonyl (C=O) groups is 1. The van der Waals surface area contributed by atoms with E-state index in [2.05, 4.69) is 10.2 Å². The average Bonchev–Trinajstić information content (AvgIpc) is 3.22. The topological polar surface area (TPSA) is 79.2 Å². The van der Waals surface area contributed by atoms with E-state index < -0.39 is 0 Å². The molecule has 4 rings (SSSR count). The summed E-state index contributed by atoms with van der Waals surface area (Å²) in [6.45, 7) is 0.537. The second kappa shape index (κ2) is 8.14. The van der Waals surface area contributed by atoms with E-state index in [0.717, 1.165) is 29.8 Å². The number of aryl methyl sites for hydroxylation is 1. The van der Waals surface area contributed by atoms with Gasteiger partial charge in [0, 0.05) is 30.9 Å². The van der Waals surface area contributed by atoms with Gasteiger partial charge in [-0.3, -0.25) is 14.7 Å². The van der Waals surface area contributed by atoms with Crippen molar-refractivity contribution in [2.24, 2.45) is 0 Å². The van der Waals surface area contributed by atoms with E-state index in [1.807, 2.05) is 36.4 Å². The molecule has 0 aliphatic rings. The molecule has 1 amide bonds. The van der Waals surface area contributed by atoms with Crippen molar-refractivity contribution >= 4 is 16.9 Å². The van der Waals surface area contributed by atoms with Crippen LogP contribution < -0.4 is 5.43 Å². The Morgan fingerprint density at radius 3 is 2.66 bits per heavy atom. The highest BCUT2D eigenvalue weighted by Gasteiger charge is 2.16. The molecule has 0 unspecified atom stereocenters. The monoisotopic (exact) mass is 387 g/mol. The molecule has 6 heteroatoms. The van der Waals surface area contributed by atoms with E-state index in [1.165, 1.54) is 6.07 Å². The van der Waals surface area contributed by atoms with E-state index in [-0.39, 0.29) is 17.1 Å². The van der Waals surface area contributed by atoms with Gasteiger partial charge in [0.05, 0.1) is 11.1 Å². The molecule has 0 radical (unpaired) electrons. The van der Waals surface area contributed by atoms with Crippen LogP contribution in [0.3, 0.4) is 0 Å². The Kier molecular flexibility index (Phi) is 5.24. The lowest BCUT2D eigenvalue weighted by molar-refractivity contribution is 0.0762. The second-order valence-corrected chi connectivity index (χ2v) is 6.95. The van der Waals surface area contributed by atoms with Crippen molar-refractivity contribution < 1.29 is 9.21 Å². The molecule has 0 atom stereocenters. The lowest BCUT2D eigenvalue weighted by Crippen LogP contribution is -2.28. The zero-order chi connectivity index (χ0) is 20.2. The van der Waals surface area contributed by atoms with E-state index in [1.54, 1.807) is 36.2 Å². The number of aromatic amines is 1. The van der Waals surface area contributed by atoms with Crippen LogP contribution in [0.1, 0.15) is 22.7 Å². The predicted octanol–water partition coefficient (Wildman–Crippen LogP) is 3.89. The summed E-state index contributed by atoms with van der Waals surface area (Å²) >= 11 is 0.